The number of imidazole rings is 1. The van der Waals surface area contributed by atoms with E-state index >= 15 is 0 Å². The van der Waals surface area contributed by atoms with E-state index in [9.17, 15) is 0 Å². The fourth-order valence-electron chi connectivity index (χ4n) is 2.37. The summed E-state index contributed by atoms with van der Waals surface area (Å²) in [5.74, 6) is 1.02. The first kappa shape index (κ1) is 15.1. The normalized spacial score (nSPS) is 12.6. The molecule has 1 atom stereocenters. The lowest BCUT2D eigenvalue weighted by atomic mass is 10.0. The van der Waals surface area contributed by atoms with Gasteiger partial charge in [0, 0.05) is 24.0 Å². The maximum atomic E-state index is 6.50. The van der Waals surface area contributed by atoms with E-state index in [1.54, 1.807) is 0 Å². The number of hydrogen-bond donors (Lipinski definition) is 1. The van der Waals surface area contributed by atoms with Gasteiger partial charge in [0.25, 0.3) is 0 Å². The van der Waals surface area contributed by atoms with Gasteiger partial charge in [0.1, 0.15) is 5.82 Å². The predicted octanol–water partition coefficient (Wildman–Crippen LogP) is 3.95. The van der Waals surface area contributed by atoms with Crippen molar-refractivity contribution in [3.63, 3.8) is 0 Å². The number of nitrogens with zero attached hydrogens (tertiary/aromatic N) is 2. The lowest BCUT2D eigenvalue weighted by molar-refractivity contribution is 0.541. The molecule has 0 amide bonds. The van der Waals surface area contributed by atoms with E-state index < -0.39 is 0 Å². The Kier molecular flexibility index (Phi) is 5.21. The second-order valence-electron chi connectivity index (χ2n) is 4.94. The molecule has 1 heterocycles. The van der Waals surface area contributed by atoms with E-state index in [1.807, 2.05) is 25.4 Å². The molecule has 0 aliphatic heterocycles. The molecule has 0 fully saturated rings. The third-order valence-electron chi connectivity index (χ3n) is 3.48. The van der Waals surface area contributed by atoms with Crippen LogP contribution in [0.4, 0.5) is 0 Å². The standard InChI is InChI=1S/C16H22ClN3/c1-4-9-18-15(16-19-10-11-20(16)5-2)13-8-6-7-12(3)14(13)17/h6-8,10-11,15,18H,4-5,9H2,1-3H3. The Hall–Kier alpha value is -1.32. The van der Waals surface area contributed by atoms with Gasteiger partial charge in [-0.05, 0) is 37.9 Å². The van der Waals surface area contributed by atoms with Crippen LogP contribution in [0.3, 0.4) is 0 Å². The van der Waals surface area contributed by atoms with Crippen molar-refractivity contribution in [1.29, 1.82) is 0 Å². The highest BCUT2D eigenvalue weighted by Crippen LogP contribution is 2.29. The number of rotatable bonds is 6. The minimum absolute atomic E-state index is 0.0392. The van der Waals surface area contributed by atoms with Crippen LogP contribution in [0.5, 0.6) is 0 Å². The number of aryl methyl sites for hydroxylation is 2. The number of halogens is 1. The van der Waals surface area contributed by atoms with Crippen LogP contribution < -0.4 is 5.32 Å². The van der Waals surface area contributed by atoms with Crippen LogP contribution in [0, 0.1) is 6.92 Å². The summed E-state index contributed by atoms with van der Waals surface area (Å²) in [5, 5.41) is 4.39. The lowest BCUT2D eigenvalue weighted by Crippen LogP contribution is -2.26. The summed E-state index contributed by atoms with van der Waals surface area (Å²) in [6.07, 6.45) is 4.94. The van der Waals surface area contributed by atoms with Crippen LogP contribution in [-0.2, 0) is 6.54 Å². The highest BCUT2D eigenvalue weighted by molar-refractivity contribution is 6.32. The first-order chi connectivity index (χ1) is 9.69. The Labute approximate surface area is 126 Å². The zero-order chi connectivity index (χ0) is 14.5. The molecule has 1 unspecified atom stereocenters. The summed E-state index contributed by atoms with van der Waals surface area (Å²) >= 11 is 6.50. The molecule has 0 aliphatic carbocycles. The van der Waals surface area contributed by atoms with Gasteiger partial charge in [0.2, 0.25) is 0 Å². The van der Waals surface area contributed by atoms with E-state index in [2.05, 4.69) is 40.8 Å². The Morgan fingerprint density at radius 2 is 2.15 bits per heavy atom. The maximum Gasteiger partial charge on any atom is 0.130 e. The predicted molar refractivity (Wildman–Crippen MR) is 84.2 cm³/mol. The van der Waals surface area contributed by atoms with Gasteiger partial charge in [-0.25, -0.2) is 4.98 Å². The molecular formula is C16H22ClN3. The molecule has 0 aliphatic rings. The van der Waals surface area contributed by atoms with Crippen molar-refractivity contribution < 1.29 is 0 Å². The fraction of sp³-hybridized carbons (Fsp3) is 0.438. The second kappa shape index (κ2) is 6.91. The molecule has 0 bridgehead atoms. The molecule has 0 saturated heterocycles. The van der Waals surface area contributed by atoms with Gasteiger partial charge >= 0.3 is 0 Å². The molecule has 1 aromatic carbocycles. The Bertz CT molecular complexity index is 563. The Morgan fingerprint density at radius 3 is 2.85 bits per heavy atom. The van der Waals surface area contributed by atoms with Gasteiger partial charge in [-0.15, -0.1) is 0 Å². The number of aromatic nitrogens is 2. The highest BCUT2D eigenvalue weighted by Gasteiger charge is 2.21. The molecule has 2 aromatic rings. The van der Waals surface area contributed by atoms with Crippen LogP contribution in [-0.4, -0.2) is 16.1 Å². The maximum absolute atomic E-state index is 6.50. The quantitative estimate of drug-likeness (QED) is 0.873. The number of benzene rings is 1. The van der Waals surface area contributed by atoms with E-state index in [-0.39, 0.29) is 6.04 Å². The zero-order valence-corrected chi connectivity index (χ0v) is 13.1. The summed E-state index contributed by atoms with van der Waals surface area (Å²) in [4.78, 5) is 4.53. The van der Waals surface area contributed by atoms with Gasteiger partial charge in [-0.3, -0.25) is 0 Å². The van der Waals surface area contributed by atoms with Crippen LogP contribution in [0.25, 0.3) is 0 Å². The lowest BCUT2D eigenvalue weighted by Gasteiger charge is -2.21. The molecule has 0 radical (unpaired) electrons. The zero-order valence-electron chi connectivity index (χ0n) is 12.4. The van der Waals surface area contributed by atoms with Gasteiger partial charge in [0.05, 0.1) is 6.04 Å². The number of nitrogens with one attached hydrogen (secondary N) is 1. The van der Waals surface area contributed by atoms with Gasteiger partial charge < -0.3 is 9.88 Å². The van der Waals surface area contributed by atoms with Gasteiger partial charge in [0.15, 0.2) is 0 Å². The highest BCUT2D eigenvalue weighted by atomic mass is 35.5. The molecule has 0 spiro atoms. The molecule has 1 aromatic heterocycles. The molecule has 2 rings (SSSR count). The average molecular weight is 292 g/mol. The Balaban J connectivity index is 2.44. The summed E-state index contributed by atoms with van der Waals surface area (Å²) in [6.45, 7) is 8.16. The molecule has 108 valence electrons. The molecule has 20 heavy (non-hydrogen) atoms. The van der Waals surface area contributed by atoms with Crippen molar-refractivity contribution in [2.75, 3.05) is 6.54 Å². The van der Waals surface area contributed by atoms with E-state index in [0.717, 1.165) is 41.5 Å². The first-order valence-electron chi connectivity index (χ1n) is 7.18. The Morgan fingerprint density at radius 1 is 1.35 bits per heavy atom. The van der Waals surface area contributed by atoms with Crippen molar-refractivity contribution in [3.8, 4) is 0 Å². The fourth-order valence-corrected chi connectivity index (χ4v) is 2.61. The van der Waals surface area contributed by atoms with E-state index in [0.29, 0.717) is 0 Å². The molecule has 1 N–H and O–H groups in total. The van der Waals surface area contributed by atoms with Crippen molar-refractivity contribution >= 4 is 11.6 Å². The largest absolute Gasteiger partial charge is 0.334 e. The summed E-state index contributed by atoms with van der Waals surface area (Å²) in [6, 6.07) is 6.21. The van der Waals surface area contributed by atoms with Gasteiger partial charge in [-0.1, -0.05) is 36.7 Å². The van der Waals surface area contributed by atoms with Crippen LogP contribution in [0.1, 0.15) is 43.3 Å². The third-order valence-corrected chi connectivity index (χ3v) is 3.99. The molecular weight excluding hydrogens is 270 g/mol. The van der Waals surface area contributed by atoms with Gasteiger partial charge in [-0.2, -0.15) is 0 Å². The molecule has 3 nitrogen and oxygen atoms in total. The monoisotopic (exact) mass is 291 g/mol. The molecule has 0 saturated carbocycles. The average Bonchev–Trinajstić information content (AvgIpc) is 2.92. The smallest absolute Gasteiger partial charge is 0.130 e. The summed E-state index contributed by atoms with van der Waals surface area (Å²) in [7, 11) is 0. The van der Waals surface area contributed by atoms with Crippen molar-refractivity contribution in [2.24, 2.45) is 0 Å². The van der Waals surface area contributed by atoms with E-state index in [4.69, 9.17) is 11.6 Å². The topological polar surface area (TPSA) is 29.9 Å². The third kappa shape index (κ3) is 3.05. The van der Waals surface area contributed by atoms with Crippen molar-refractivity contribution in [2.45, 2.75) is 39.8 Å². The molecule has 4 heteroatoms. The first-order valence-corrected chi connectivity index (χ1v) is 7.56. The SMILES string of the molecule is CCCNC(c1cccc(C)c1Cl)c1nccn1CC. The van der Waals surface area contributed by atoms with E-state index in [1.165, 1.54) is 0 Å². The van der Waals surface area contributed by atoms with Crippen LogP contribution in [0.2, 0.25) is 5.02 Å². The summed E-state index contributed by atoms with van der Waals surface area (Å²) in [5.41, 5.74) is 2.20. The second-order valence-corrected chi connectivity index (χ2v) is 5.31. The summed E-state index contributed by atoms with van der Waals surface area (Å²) < 4.78 is 2.16. The van der Waals surface area contributed by atoms with Crippen molar-refractivity contribution in [1.82, 2.24) is 14.9 Å². The van der Waals surface area contributed by atoms with Crippen LogP contribution >= 0.6 is 11.6 Å². The van der Waals surface area contributed by atoms with Crippen LogP contribution in [0.15, 0.2) is 30.6 Å². The minimum atomic E-state index is 0.0392. The minimum Gasteiger partial charge on any atom is -0.334 e. The number of hydrogen-bond acceptors (Lipinski definition) is 2. The van der Waals surface area contributed by atoms with Crippen molar-refractivity contribution in [3.05, 3.63) is 52.6 Å².